The van der Waals surface area contributed by atoms with Gasteiger partial charge in [0.25, 0.3) is 0 Å². The summed E-state index contributed by atoms with van der Waals surface area (Å²) in [5.74, 6) is -0.231. The Balaban J connectivity index is 1.79. The minimum Gasteiger partial charge on any atom is -0.301 e. The zero-order chi connectivity index (χ0) is 16.1. The molecule has 1 unspecified atom stereocenters. The number of benzene rings is 2. The standard InChI is InChI=1S/C19H15FN2S/c20-17-9-7-16(8-10-17)19(18-2-1-11-23-18)22-13-15-5-3-14(12-21)4-6-15/h1-11,19,22H,13H2. The lowest BCUT2D eigenvalue weighted by Gasteiger charge is -2.18. The first-order valence-electron chi connectivity index (χ1n) is 7.27. The van der Waals surface area contributed by atoms with Crippen molar-refractivity contribution in [2.24, 2.45) is 0 Å². The van der Waals surface area contributed by atoms with Crippen LogP contribution in [0.15, 0.2) is 66.0 Å². The third kappa shape index (κ3) is 3.84. The SMILES string of the molecule is N#Cc1ccc(CNC(c2ccc(F)cc2)c2cccs2)cc1. The van der Waals surface area contributed by atoms with Gasteiger partial charge in [-0.05, 0) is 46.8 Å². The zero-order valence-electron chi connectivity index (χ0n) is 12.4. The smallest absolute Gasteiger partial charge is 0.123 e. The molecule has 3 rings (SSSR count). The van der Waals surface area contributed by atoms with Gasteiger partial charge in [0.1, 0.15) is 5.82 Å². The van der Waals surface area contributed by atoms with Gasteiger partial charge in [-0.15, -0.1) is 11.3 Å². The summed E-state index contributed by atoms with van der Waals surface area (Å²) in [6.07, 6.45) is 0. The molecule has 23 heavy (non-hydrogen) atoms. The minimum atomic E-state index is -0.231. The number of rotatable bonds is 5. The summed E-state index contributed by atoms with van der Waals surface area (Å²) >= 11 is 1.67. The molecule has 1 N–H and O–H groups in total. The molecule has 2 aromatic carbocycles. The van der Waals surface area contributed by atoms with E-state index in [1.165, 1.54) is 17.0 Å². The van der Waals surface area contributed by atoms with E-state index in [4.69, 9.17) is 5.26 Å². The predicted molar refractivity (Wildman–Crippen MR) is 90.6 cm³/mol. The first-order chi connectivity index (χ1) is 11.3. The molecule has 2 nitrogen and oxygen atoms in total. The summed E-state index contributed by atoms with van der Waals surface area (Å²) < 4.78 is 13.2. The Morgan fingerprint density at radius 1 is 1.04 bits per heavy atom. The van der Waals surface area contributed by atoms with Crippen LogP contribution in [0, 0.1) is 17.1 Å². The highest BCUT2D eigenvalue weighted by atomic mass is 32.1. The van der Waals surface area contributed by atoms with E-state index in [0.717, 1.165) is 11.1 Å². The average molecular weight is 322 g/mol. The first-order valence-corrected chi connectivity index (χ1v) is 8.15. The van der Waals surface area contributed by atoms with E-state index < -0.39 is 0 Å². The van der Waals surface area contributed by atoms with E-state index in [-0.39, 0.29) is 11.9 Å². The Hall–Kier alpha value is -2.48. The second-order valence-electron chi connectivity index (χ2n) is 5.19. The van der Waals surface area contributed by atoms with Crippen LogP contribution in [-0.4, -0.2) is 0 Å². The fourth-order valence-corrected chi connectivity index (χ4v) is 3.24. The highest BCUT2D eigenvalue weighted by Gasteiger charge is 2.14. The molecule has 0 saturated carbocycles. The molecule has 0 radical (unpaired) electrons. The summed E-state index contributed by atoms with van der Waals surface area (Å²) in [5.41, 5.74) is 2.79. The van der Waals surface area contributed by atoms with Crippen molar-refractivity contribution in [3.05, 3.63) is 93.4 Å². The van der Waals surface area contributed by atoms with Gasteiger partial charge in [-0.1, -0.05) is 30.3 Å². The predicted octanol–water partition coefficient (Wildman–Crippen LogP) is 4.64. The van der Waals surface area contributed by atoms with Crippen LogP contribution in [0.2, 0.25) is 0 Å². The van der Waals surface area contributed by atoms with E-state index in [0.29, 0.717) is 12.1 Å². The molecule has 0 aliphatic carbocycles. The van der Waals surface area contributed by atoms with Crippen molar-refractivity contribution in [2.75, 3.05) is 0 Å². The number of thiophene rings is 1. The number of halogens is 1. The van der Waals surface area contributed by atoms with Gasteiger partial charge in [0.05, 0.1) is 17.7 Å². The van der Waals surface area contributed by atoms with Gasteiger partial charge in [0.15, 0.2) is 0 Å². The van der Waals surface area contributed by atoms with Crippen molar-refractivity contribution >= 4 is 11.3 Å². The Bertz CT molecular complexity index is 787. The van der Waals surface area contributed by atoms with Crippen molar-refractivity contribution in [1.82, 2.24) is 5.32 Å². The van der Waals surface area contributed by atoms with Crippen LogP contribution in [0.4, 0.5) is 4.39 Å². The summed E-state index contributed by atoms with van der Waals surface area (Å²) in [7, 11) is 0. The molecule has 4 heteroatoms. The number of nitriles is 1. The number of hydrogen-bond donors (Lipinski definition) is 1. The highest BCUT2D eigenvalue weighted by molar-refractivity contribution is 7.10. The lowest BCUT2D eigenvalue weighted by molar-refractivity contribution is 0.604. The van der Waals surface area contributed by atoms with Gasteiger partial charge in [-0.25, -0.2) is 4.39 Å². The maximum atomic E-state index is 13.2. The van der Waals surface area contributed by atoms with Crippen LogP contribution < -0.4 is 5.32 Å². The van der Waals surface area contributed by atoms with Gasteiger partial charge in [-0.3, -0.25) is 0 Å². The van der Waals surface area contributed by atoms with Crippen molar-refractivity contribution in [1.29, 1.82) is 5.26 Å². The largest absolute Gasteiger partial charge is 0.301 e. The van der Waals surface area contributed by atoms with Gasteiger partial charge < -0.3 is 5.32 Å². The topological polar surface area (TPSA) is 35.8 Å². The Kier molecular flexibility index (Phi) is 4.82. The van der Waals surface area contributed by atoms with E-state index in [1.807, 2.05) is 47.8 Å². The molecule has 114 valence electrons. The maximum absolute atomic E-state index is 13.2. The molecule has 3 aromatic rings. The number of nitrogens with zero attached hydrogens (tertiary/aromatic N) is 1. The molecular weight excluding hydrogens is 307 g/mol. The molecule has 0 bridgehead atoms. The van der Waals surface area contributed by atoms with Gasteiger partial charge in [0.2, 0.25) is 0 Å². The summed E-state index contributed by atoms with van der Waals surface area (Å²) in [6, 6.07) is 20.3. The van der Waals surface area contributed by atoms with Gasteiger partial charge in [-0.2, -0.15) is 5.26 Å². The monoisotopic (exact) mass is 322 g/mol. The average Bonchev–Trinajstić information content (AvgIpc) is 3.11. The lowest BCUT2D eigenvalue weighted by atomic mass is 10.0. The summed E-state index contributed by atoms with van der Waals surface area (Å²) in [5, 5.41) is 14.4. The van der Waals surface area contributed by atoms with E-state index >= 15 is 0 Å². The molecule has 1 atom stereocenters. The lowest BCUT2D eigenvalue weighted by Crippen LogP contribution is -2.21. The third-order valence-electron chi connectivity index (χ3n) is 3.62. The van der Waals surface area contributed by atoms with Crippen LogP contribution in [0.1, 0.15) is 27.6 Å². The van der Waals surface area contributed by atoms with Crippen LogP contribution in [-0.2, 0) is 6.54 Å². The van der Waals surface area contributed by atoms with Crippen LogP contribution >= 0.6 is 11.3 Å². The second-order valence-corrected chi connectivity index (χ2v) is 6.17. The number of nitrogens with one attached hydrogen (secondary N) is 1. The van der Waals surface area contributed by atoms with Crippen molar-refractivity contribution < 1.29 is 4.39 Å². The van der Waals surface area contributed by atoms with Crippen LogP contribution in [0.25, 0.3) is 0 Å². The summed E-state index contributed by atoms with van der Waals surface area (Å²) in [6.45, 7) is 0.672. The van der Waals surface area contributed by atoms with E-state index in [1.54, 1.807) is 11.3 Å². The molecule has 0 amide bonds. The Morgan fingerprint density at radius 3 is 2.39 bits per heavy atom. The van der Waals surface area contributed by atoms with Gasteiger partial charge >= 0.3 is 0 Å². The quantitative estimate of drug-likeness (QED) is 0.743. The number of hydrogen-bond acceptors (Lipinski definition) is 3. The molecular formula is C19H15FN2S. The maximum Gasteiger partial charge on any atom is 0.123 e. The Morgan fingerprint density at radius 2 is 1.78 bits per heavy atom. The molecule has 1 aromatic heterocycles. The van der Waals surface area contributed by atoms with Crippen LogP contribution in [0.5, 0.6) is 0 Å². The van der Waals surface area contributed by atoms with Crippen molar-refractivity contribution in [3.8, 4) is 6.07 Å². The zero-order valence-corrected chi connectivity index (χ0v) is 13.2. The minimum absolute atomic E-state index is 0.0197. The molecule has 0 fully saturated rings. The molecule has 0 aliphatic heterocycles. The van der Waals surface area contributed by atoms with Crippen molar-refractivity contribution in [2.45, 2.75) is 12.6 Å². The van der Waals surface area contributed by atoms with E-state index in [9.17, 15) is 4.39 Å². The first kappa shape index (κ1) is 15.4. The summed E-state index contributed by atoms with van der Waals surface area (Å²) in [4.78, 5) is 1.19. The Labute approximate surface area is 138 Å². The van der Waals surface area contributed by atoms with Crippen molar-refractivity contribution in [3.63, 3.8) is 0 Å². The van der Waals surface area contributed by atoms with Gasteiger partial charge in [0, 0.05) is 11.4 Å². The highest BCUT2D eigenvalue weighted by Crippen LogP contribution is 2.26. The van der Waals surface area contributed by atoms with E-state index in [2.05, 4.69) is 17.5 Å². The fraction of sp³-hybridized carbons (Fsp3) is 0.105. The molecule has 1 heterocycles. The second kappa shape index (κ2) is 7.19. The molecule has 0 saturated heterocycles. The molecule has 0 aliphatic rings. The molecule has 0 spiro atoms. The normalized spacial score (nSPS) is 11.8. The fourth-order valence-electron chi connectivity index (χ4n) is 2.41. The van der Waals surface area contributed by atoms with Crippen LogP contribution in [0.3, 0.4) is 0 Å². The third-order valence-corrected chi connectivity index (χ3v) is 4.56.